The summed E-state index contributed by atoms with van der Waals surface area (Å²) in [4.78, 5) is 0. The van der Waals surface area contributed by atoms with E-state index >= 15 is 0 Å². The molecule has 0 spiro atoms. The molecule has 0 aliphatic carbocycles. The first-order valence-electron chi connectivity index (χ1n) is 6.36. The van der Waals surface area contributed by atoms with Crippen LogP contribution in [0.1, 0.15) is 18.1 Å². The van der Waals surface area contributed by atoms with E-state index in [1.54, 1.807) is 6.26 Å². The molecule has 0 saturated heterocycles. The highest BCUT2D eigenvalue weighted by atomic mass is 19.1. The normalized spacial score (nSPS) is 13.9. The van der Waals surface area contributed by atoms with Crippen molar-refractivity contribution in [2.24, 2.45) is 0 Å². The lowest BCUT2D eigenvalue weighted by Crippen LogP contribution is -2.15. The second-order valence-electron chi connectivity index (χ2n) is 4.50. The fourth-order valence-corrected chi connectivity index (χ4v) is 2.47. The van der Waals surface area contributed by atoms with E-state index in [2.05, 4.69) is 12.2 Å². The summed E-state index contributed by atoms with van der Waals surface area (Å²) in [6.45, 7) is 4.46. The second-order valence-corrected chi connectivity index (χ2v) is 4.50. The van der Waals surface area contributed by atoms with Crippen molar-refractivity contribution in [2.45, 2.75) is 19.8 Å². The lowest BCUT2D eigenvalue weighted by atomic mass is 10.0. The summed E-state index contributed by atoms with van der Waals surface area (Å²) in [5.41, 5.74) is 2.36. The van der Waals surface area contributed by atoms with Gasteiger partial charge in [0, 0.05) is 23.6 Å². The van der Waals surface area contributed by atoms with Crippen LogP contribution in [0, 0.1) is 5.82 Å². The summed E-state index contributed by atoms with van der Waals surface area (Å²) >= 11 is 0. The predicted octanol–water partition coefficient (Wildman–Crippen LogP) is 2.66. The number of hydrogen-bond acceptors (Lipinski definition) is 3. The maximum Gasteiger partial charge on any atom is 0.140 e. The Balaban J connectivity index is 2.04. The number of benzene rings is 1. The lowest BCUT2D eigenvalue weighted by Gasteiger charge is -2.05. The first-order valence-corrected chi connectivity index (χ1v) is 6.36. The zero-order valence-corrected chi connectivity index (χ0v) is 10.4. The first-order chi connectivity index (χ1) is 8.81. The topological polar surface area (TPSA) is 34.4 Å². The van der Waals surface area contributed by atoms with Crippen molar-refractivity contribution in [1.82, 2.24) is 5.32 Å². The van der Waals surface area contributed by atoms with Gasteiger partial charge < -0.3 is 14.5 Å². The Morgan fingerprint density at radius 3 is 3.17 bits per heavy atom. The number of hydrogen-bond donors (Lipinski definition) is 1. The Morgan fingerprint density at radius 2 is 2.33 bits per heavy atom. The van der Waals surface area contributed by atoms with Gasteiger partial charge in [-0.1, -0.05) is 6.92 Å². The summed E-state index contributed by atoms with van der Waals surface area (Å²) in [6, 6.07) is 1.47. The van der Waals surface area contributed by atoms with Gasteiger partial charge in [0.25, 0.3) is 0 Å². The maximum absolute atomic E-state index is 13.8. The molecule has 2 heterocycles. The summed E-state index contributed by atoms with van der Waals surface area (Å²) in [7, 11) is 0. The van der Waals surface area contributed by atoms with E-state index in [0.29, 0.717) is 29.9 Å². The van der Waals surface area contributed by atoms with Gasteiger partial charge in [0.2, 0.25) is 0 Å². The monoisotopic (exact) mass is 249 g/mol. The Labute approximate surface area is 105 Å². The minimum atomic E-state index is -0.220. The molecule has 4 heteroatoms. The molecule has 0 unspecified atom stereocenters. The zero-order chi connectivity index (χ0) is 12.5. The molecule has 1 aliphatic heterocycles. The smallest absolute Gasteiger partial charge is 0.140 e. The molecule has 0 bridgehead atoms. The molecule has 1 aromatic heterocycles. The molecule has 3 rings (SSSR count). The molecule has 0 fully saturated rings. The van der Waals surface area contributed by atoms with Gasteiger partial charge in [-0.15, -0.1) is 0 Å². The maximum atomic E-state index is 13.8. The summed E-state index contributed by atoms with van der Waals surface area (Å²) in [6.07, 6.45) is 3.22. The minimum Gasteiger partial charge on any atom is -0.492 e. The fraction of sp³-hybridized carbons (Fsp3) is 0.429. The van der Waals surface area contributed by atoms with E-state index < -0.39 is 0 Å². The van der Waals surface area contributed by atoms with Gasteiger partial charge >= 0.3 is 0 Å². The molecule has 2 aromatic rings. The zero-order valence-electron chi connectivity index (χ0n) is 10.4. The van der Waals surface area contributed by atoms with Gasteiger partial charge in [-0.05, 0) is 19.5 Å². The molecule has 3 nitrogen and oxygen atoms in total. The molecule has 0 saturated carbocycles. The Bertz CT molecular complexity index is 577. The van der Waals surface area contributed by atoms with Crippen LogP contribution in [0.3, 0.4) is 0 Å². The summed E-state index contributed by atoms with van der Waals surface area (Å²) in [5.74, 6) is 0.466. The predicted molar refractivity (Wildman–Crippen MR) is 67.6 cm³/mol. The van der Waals surface area contributed by atoms with E-state index in [9.17, 15) is 4.39 Å². The standard InChI is InChI=1S/C14H16FNO2/c1-2-16-5-3-9-8-18-12-7-11(15)10-4-6-17-14(10)13(9)12/h7-8,16H,2-6H2,1H3. The van der Waals surface area contributed by atoms with Crippen LogP contribution in [0.5, 0.6) is 5.75 Å². The van der Waals surface area contributed by atoms with Crippen molar-refractivity contribution in [3.8, 4) is 5.75 Å². The van der Waals surface area contributed by atoms with E-state index in [1.807, 2.05) is 0 Å². The highest BCUT2D eigenvalue weighted by Crippen LogP contribution is 2.39. The van der Waals surface area contributed by atoms with Gasteiger partial charge in [0.15, 0.2) is 0 Å². The second kappa shape index (κ2) is 4.61. The summed E-state index contributed by atoms with van der Waals surface area (Å²) < 4.78 is 24.8. The first kappa shape index (κ1) is 11.5. The Hall–Kier alpha value is -1.55. The molecular weight excluding hydrogens is 233 g/mol. The van der Waals surface area contributed by atoms with Gasteiger partial charge in [-0.3, -0.25) is 0 Å². The highest BCUT2D eigenvalue weighted by molar-refractivity contribution is 5.89. The van der Waals surface area contributed by atoms with Crippen molar-refractivity contribution in [3.05, 3.63) is 29.3 Å². The van der Waals surface area contributed by atoms with Crippen molar-refractivity contribution in [3.63, 3.8) is 0 Å². The molecule has 96 valence electrons. The molecule has 1 N–H and O–H groups in total. The van der Waals surface area contributed by atoms with Crippen molar-refractivity contribution >= 4 is 11.0 Å². The molecule has 0 radical (unpaired) electrons. The van der Waals surface area contributed by atoms with E-state index in [1.165, 1.54) is 6.07 Å². The van der Waals surface area contributed by atoms with Crippen LogP contribution in [-0.2, 0) is 12.8 Å². The third-order valence-electron chi connectivity index (χ3n) is 3.36. The van der Waals surface area contributed by atoms with Crippen LogP contribution in [0.15, 0.2) is 16.7 Å². The van der Waals surface area contributed by atoms with Crippen molar-refractivity contribution in [1.29, 1.82) is 0 Å². The lowest BCUT2D eigenvalue weighted by molar-refractivity contribution is 0.360. The van der Waals surface area contributed by atoms with Crippen LogP contribution >= 0.6 is 0 Å². The van der Waals surface area contributed by atoms with Gasteiger partial charge in [-0.25, -0.2) is 4.39 Å². The molecule has 18 heavy (non-hydrogen) atoms. The van der Waals surface area contributed by atoms with Crippen LogP contribution < -0.4 is 10.1 Å². The quantitative estimate of drug-likeness (QED) is 0.846. The molecule has 1 aromatic carbocycles. The van der Waals surface area contributed by atoms with Crippen LogP contribution in [0.25, 0.3) is 11.0 Å². The third kappa shape index (κ3) is 1.77. The fourth-order valence-electron chi connectivity index (χ4n) is 2.47. The van der Waals surface area contributed by atoms with Crippen LogP contribution in [-0.4, -0.2) is 19.7 Å². The molecule has 0 amide bonds. The average Bonchev–Trinajstić information content (AvgIpc) is 2.96. The van der Waals surface area contributed by atoms with E-state index in [0.717, 1.165) is 30.5 Å². The number of furan rings is 1. The SMILES string of the molecule is CCNCCc1coc2cc(F)c3c(c12)OCC3. The van der Waals surface area contributed by atoms with Crippen LogP contribution in [0.2, 0.25) is 0 Å². The largest absolute Gasteiger partial charge is 0.492 e. The third-order valence-corrected chi connectivity index (χ3v) is 3.36. The van der Waals surface area contributed by atoms with Gasteiger partial charge in [0.05, 0.1) is 18.3 Å². The van der Waals surface area contributed by atoms with Crippen molar-refractivity contribution < 1.29 is 13.5 Å². The van der Waals surface area contributed by atoms with Gasteiger partial charge in [-0.2, -0.15) is 0 Å². The molecular formula is C14H16FNO2. The number of rotatable bonds is 4. The summed E-state index contributed by atoms with van der Waals surface area (Å²) in [5, 5.41) is 4.22. The molecule has 0 atom stereocenters. The number of halogens is 1. The number of nitrogens with one attached hydrogen (secondary N) is 1. The highest BCUT2D eigenvalue weighted by Gasteiger charge is 2.23. The number of likely N-dealkylation sites (N-methyl/N-ethyl adjacent to an activating group) is 1. The Morgan fingerprint density at radius 1 is 1.44 bits per heavy atom. The van der Waals surface area contributed by atoms with E-state index in [-0.39, 0.29) is 5.82 Å². The average molecular weight is 249 g/mol. The van der Waals surface area contributed by atoms with Crippen molar-refractivity contribution in [2.75, 3.05) is 19.7 Å². The van der Waals surface area contributed by atoms with Gasteiger partial charge in [0.1, 0.15) is 17.1 Å². The number of fused-ring (bicyclic) bond motifs is 3. The molecule has 1 aliphatic rings. The number of ether oxygens (including phenoxy) is 1. The Kier molecular flexibility index (Phi) is 2.96. The van der Waals surface area contributed by atoms with Crippen LogP contribution in [0.4, 0.5) is 4.39 Å². The van der Waals surface area contributed by atoms with E-state index in [4.69, 9.17) is 9.15 Å². The minimum absolute atomic E-state index is 0.220.